The van der Waals surface area contributed by atoms with Crippen LogP contribution in [0.25, 0.3) is 0 Å². The topological polar surface area (TPSA) is 41.6 Å². The predicted molar refractivity (Wildman–Crippen MR) is 85.4 cm³/mol. The summed E-state index contributed by atoms with van der Waals surface area (Å²) >= 11 is 3.42. The summed E-state index contributed by atoms with van der Waals surface area (Å²) in [6.45, 7) is 2.41. The number of amides is 1. The van der Waals surface area contributed by atoms with Crippen LogP contribution in [0.4, 0.5) is 0 Å². The third-order valence-corrected chi connectivity index (χ3v) is 4.82. The Balaban J connectivity index is 1.52. The Labute approximate surface area is 134 Å². The van der Waals surface area contributed by atoms with Crippen LogP contribution in [0.2, 0.25) is 0 Å². The zero-order valence-corrected chi connectivity index (χ0v) is 13.6. The van der Waals surface area contributed by atoms with E-state index in [2.05, 4.69) is 26.1 Å². The number of nitrogens with zero attached hydrogens (tertiary/aromatic N) is 1. The first-order chi connectivity index (χ1) is 10.2. The predicted octanol–water partition coefficient (Wildman–Crippen LogP) is 2.57. The first-order valence-corrected chi connectivity index (χ1v) is 8.43. The molecular formula is C16H21BrN2O2. The highest BCUT2D eigenvalue weighted by Crippen LogP contribution is 2.28. The van der Waals surface area contributed by atoms with E-state index in [0.717, 1.165) is 42.6 Å². The van der Waals surface area contributed by atoms with E-state index in [4.69, 9.17) is 4.74 Å². The van der Waals surface area contributed by atoms with Crippen molar-refractivity contribution >= 4 is 21.8 Å². The molecule has 2 saturated heterocycles. The Morgan fingerprint density at radius 1 is 1.33 bits per heavy atom. The van der Waals surface area contributed by atoms with Gasteiger partial charge in [0, 0.05) is 23.1 Å². The molecule has 0 radical (unpaired) electrons. The maximum Gasteiger partial charge on any atom is 0.226 e. The van der Waals surface area contributed by atoms with Crippen molar-refractivity contribution in [2.75, 3.05) is 19.7 Å². The lowest BCUT2D eigenvalue weighted by Crippen LogP contribution is -2.42. The fourth-order valence-corrected chi connectivity index (χ4v) is 3.71. The Morgan fingerprint density at radius 3 is 3.05 bits per heavy atom. The molecule has 1 aromatic carbocycles. The molecule has 5 heteroatoms. The van der Waals surface area contributed by atoms with Gasteiger partial charge in [0.05, 0.1) is 13.0 Å². The number of halogens is 1. The average Bonchev–Trinajstić information content (AvgIpc) is 2.72. The van der Waals surface area contributed by atoms with Gasteiger partial charge in [-0.15, -0.1) is 0 Å². The van der Waals surface area contributed by atoms with E-state index in [1.165, 1.54) is 0 Å². The Morgan fingerprint density at radius 2 is 2.19 bits per heavy atom. The van der Waals surface area contributed by atoms with Crippen LogP contribution in [0.5, 0.6) is 5.75 Å². The molecule has 1 amide bonds. The molecule has 4 nitrogen and oxygen atoms in total. The number of ether oxygens (including phenoxy) is 1. The second-order valence-electron chi connectivity index (χ2n) is 5.73. The van der Waals surface area contributed by atoms with E-state index >= 15 is 0 Å². The summed E-state index contributed by atoms with van der Waals surface area (Å²) in [4.78, 5) is 14.6. The molecule has 2 unspecified atom stereocenters. The molecule has 2 fully saturated rings. The van der Waals surface area contributed by atoms with Crippen molar-refractivity contribution in [2.45, 2.75) is 37.8 Å². The van der Waals surface area contributed by atoms with E-state index in [0.29, 0.717) is 25.1 Å². The lowest BCUT2D eigenvalue weighted by Gasteiger charge is -2.28. The van der Waals surface area contributed by atoms with Gasteiger partial charge in [0.15, 0.2) is 0 Å². The van der Waals surface area contributed by atoms with Crippen LogP contribution < -0.4 is 10.1 Å². The smallest absolute Gasteiger partial charge is 0.226 e. The molecule has 0 spiro atoms. The van der Waals surface area contributed by atoms with Crippen LogP contribution in [0.3, 0.4) is 0 Å². The third-order valence-electron chi connectivity index (χ3n) is 4.32. The molecule has 1 aromatic rings. The van der Waals surface area contributed by atoms with Crippen LogP contribution in [0.1, 0.15) is 25.7 Å². The molecule has 2 aliphatic heterocycles. The zero-order valence-electron chi connectivity index (χ0n) is 12.1. The molecule has 0 aromatic heterocycles. The van der Waals surface area contributed by atoms with Crippen molar-refractivity contribution in [3.05, 3.63) is 28.7 Å². The summed E-state index contributed by atoms with van der Waals surface area (Å²) in [5.74, 6) is 1.04. The Hall–Kier alpha value is -1.07. The molecule has 21 heavy (non-hydrogen) atoms. The molecule has 3 rings (SSSR count). The normalized spacial score (nSPS) is 24.7. The molecule has 114 valence electrons. The van der Waals surface area contributed by atoms with E-state index in [1.807, 2.05) is 24.3 Å². The zero-order chi connectivity index (χ0) is 14.7. The molecule has 2 aliphatic rings. The molecular weight excluding hydrogens is 332 g/mol. The van der Waals surface area contributed by atoms with Gasteiger partial charge < -0.3 is 15.0 Å². The van der Waals surface area contributed by atoms with Gasteiger partial charge in [-0.1, -0.05) is 22.0 Å². The van der Waals surface area contributed by atoms with Gasteiger partial charge in [-0.05, 0) is 44.0 Å². The summed E-state index contributed by atoms with van der Waals surface area (Å²) in [5.41, 5.74) is 0. The van der Waals surface area contributed by atoms with Gasteiger partial charge in [0.25, 0.3) is 0 Å². The summed E-state index contributed by atoms with van der Waals surface area (Å²) in [7, 11) is 0. The lowest BCUT2D eigenvalue weighted by atomic mass is 10.1. The minimum atomic E-state index is 0.237. The highest BCUT2D eigenvalue weighted by Gasteiger charge is 2.37. The van der Waals surface area contributed by atoms with Crippen molar-refractivity contribution < 1.29 is 9.53 Å². The molecule has 2 bridgehead atoms. The number of carbonyl (C=O) groups is 1. The van der Waals surface area contributed by atoms with E-state index < -0.39 is 0 Å². The monoisotopic (exact) mass is 352 g/mol. The van der Waals surface area contributed by atoms with Crippen molar-refractivity contribution in [2.24, 2.45) is 0 Å². The Bertz CT molecular complexity index is 495. The second kappa shape index (κ2) is 6.79. The highest BCUT2D eigenvalue weighted by atomic mass is 79.9. The van der Waals surface area contributed by atoms with Gasteiger partial charge in [-0.25, -0.2) is 0 Å². The van der Waals surface area contributed by atoms with E-state index in [1.54, 1.807) is 0 Å². The van der Waals surface area contributed by atoms with Gasteiger partial charge in [0.1, 0.15) is 5.75 Å². The molecule has 2 atom stereocenters. The first kappa shape index (κ1) is 14.9. The second-order valence-corrected chi connectivity index (χ2v) is 6.65. The number of hydrogen-bond donors (Lipinski definition) is 1. The SMILES string of the molecule is O=C(CCOc1cccc(Br)c1)N1C2CCNCC1CC2. The number of nitrogens with one attached hydrogen (secondary N) is 1. The molecule has 1 N–H and O–H groups in total. The summed E-state index contributed by atoms with van der Waals surface area (Å²) in [6.07, 6.45) is 3.83. The van der Waals surface area contributed by atoms with Crippen molar-refractivity contribution in [1.82, 2.24) is 10.2 Å². The fraction of sp³-hybridized carbons (Fsp3) is 0.562. The van der Waals surface area contributed by atoms with Crippen LogP contribution in [-0.4, -0.2) is 42.6 Å². The number of benzene rings is 1. The van der Waals surface area contributed by atoms with Crippen molar-refractivity contribution in [3.63, 3.8) is 0 Å². The maximum atomic E-state index is 12.5. The van der Waals surface area contributed by atoms with Crippen LogP contribution in [0, 0.1) is 0 Å². The molecule has 2 heterocycles. The van der Waals surface area contributed by atoms with Gasteiger partial charge in [-0.3, -0.25) is 4.79 Å². The number of hydrogen-bond acceptors (Lipinski definition) is 3. The van der Waals surface area contributed by atoms with Crippen molar-refractivity contribution in [3.8, 4) is 5.75 Å². The van der Waals surface area contributed by atoms with Crippen LogP contribution >= 0.6 is 15.9 Å². The van der Waals surface area contributed by atoms with E-state index in [-0.39, 0.29) is 5.91 Å². The standard InChI is InChI=1S/C16H21BrN2O2/c17-12-2-1-3-15(10-12)21-9-7-16(20)19-13-4-5-14(19)11-18-8-6-13/h1-3,10,13-14,18H,4-9,11H2. The number of rotatable bonds is 4. The first-order valence-electron chi connectivity index (χ1n) is 7.64. The summed E-state index contributed by atoms with van der Waals surface area (Å²) in [6, 6.07) is 8.54. The molecule has 0 aliphatic carbocycles. The summed E-state index contributed by atoms with van der Waals surface area (Å²) in [5, 5.41) is 3.42. The average molecular weight is 353 g/mol. The van der Waals surface area contributed by atoms with Crippen molar-refractivity contribution in [1.29, 1.82) is 0 Å². The van der Waals surface area contributed by atoms with Crippen LogP contribution in [-0.2, 0) is 4.79 Å². The fourth-order valence-electron chi connectivity index (χ4n) is 3.33. The minimum Gasteiger partial charge on any atom is -0.493 e. The van der Waals surface area contributed by atoms with Gasteiger partial charge in [0.2, 0.25) is 5.91 Å². The summed E-state index contributed by atoms with van der Waals surface area (Å²) < 4.78 is 6.67. The quantitative estimate of drug-likeness (QED) is 0.905. The Kier molecular flexibility index (Phi) is 4.80. The number of carbonyl (C=O) groups excluding carboxylic acids is 1. The van der Waals surface area contributed by atoms with Gasteiger partial charge >= 0.3 is 0 Å². The molecule has 0 saturated carbocycles. The van der Waals surface area contributed by atoms with E-state index in [9.17, 15) is 4.79 Å². The third kappa shape index (κ3) is 3.58. The maximum absolute atomic E-state index is 12.5. The highest BCUT2D eigenvalue weighted by molar-refractivity contribution is 9.10. The minimum absolute atomic E-state index is 0.237. The van der Waals surface area contributed by atoms with Gasteiger partial charge in [-0.2, -0.15) is 0 Å². The largest absolute Gasteiger partial charge is 0.493 e. The number of fused-ring (bicyclic) bond motifs is 2. The van der Waals surface area contributed by atoms with Crippen LogP contribution in [0.15, 0.2) is 28.7 Å². The lowest BCUT2D eigenvalue weighted by molar-refractivity contribution is -0.134.